The van der Waals surface area contributed by atoms with Crippen LogP contribution in [0.3, 0.4) is 0 Å². The van der Waals surface area contributed by atoms with Crippen molar-refractivity contribution in [2.45, 2.75) is 43.2 Å². The summed E-state index contributed by atoms with van der Waals surface area (Å²) in [6, 6.07) is -1.46. The number of rotatable bonds is 3. The Hall–Kier alpha value is -3.22. The third kappa shape index (κ3) is 6.39. The topological polar surface area (TPSA) is 56.1 Å². The maximum absolute atomic E-state index is 13.7. The summed E-state index contributed by atoms with van der Waals surface area (Å²) in [4.78, 5) is 0. The Morgan fingerprint density at radius 2 is 0.925 bits per heavy atom. The summed E-state index contributed by atoms with van der Waals surface area (Å²) < 4.78 is 199. The fraction of sp³-hybridized carbons (Fsp3) is 0.381. The number of alkyl halides is 15. The molecule has 19 heteroatoms. The molecule has 0 amide bonds. The minimum absolute atomic E-state index is 0.142. The highest BCUT2D eigenvalue weighted by Crippen LogP contribution is 2.45. The normalized spacial score (nSPS) is 20.1. The molecule has 1 heterocycles. The predicted octanol–water partition coefficient (Wildman–Crippen LogP) is 7.17. The number of hydrogen-bond donors (Lipinski definition) is 2. The fourth-order valence-electron chi connectivity index (χ4n) is 3.73. The summed E-state index contributed by atoms with van der Waals surface area (Å²) in [5, 5.41) is 23.3. The lowest BCUT2D eigenvalue weighted by Crippen LogP contribution is -2.40. The zero-order valence-electron chi connectivity index (χ0n) is 18.7. The third-order valence-corrected chi connectivity index (χ3v) is 5.52. The molecule has 3 unspecified atom stereocenters. The van der Waals surface area contributed by atoms with E-state index in [-0.39, 0.29) is 24.3 Å². The highest BCUT2D eigenvalue weighted by molar-refractivity contribution is 5.96. The zero-order valence-corrected chi connectivity index (χ0v) is 18.7. The average Bonchev–Trinajstić information content (AvgIpc) is 3.13. The molecule has 4 nitrogen and oxygen atoms in total. The number of aliphatic hydroxyl groups excluding tert-OH is 2. The maximum atomic E-state index is 13.7. The molecule has 2 aromatic carbocycles. The average molecular weight is 608 g/mol. The highest BCUT2D eigenvalue weighted by Gasteiger charge is 2.54. The van der Waals surface area contributed by atoms with E-state index in [0.29, 0.717) is 0 Å². The number of hydrazone groups is 1. The van der Waals surface area contributed by atoms with Crippen molar-refractivity contribution in [2.75, 3.05) is 5.01 Å². The minimum Gasteiger partial charge on any atom is -0.388 e. The summed E-state index contributed by atoms with van der Waals surface area (Å²) in [6.45, 7) is 0. The van der Waals surface area contributed by atoms with Crippen molar-refractivity contribution in [1.82, 2.24) is 0 Å². The summed E-state index contributed by atoms with van der Waals surface area (Å²) in [5.74, 6) is -2.99. The molecule has 3 rings (SSSR count). The number of nitrogens with zero attached hydrogens (tertiary/aromatic N) is 2. The highest BCUT2D eigenvalue weighted by atomic mass is 19.4. The molecule has 0 saturated heterocycles. The summed E-state index contributed by atoms with van der Waals surface area (Å²) >= 11 is 0. The third-order valence-electron chi connectivity index (χ3n) is 5.52. The Bertz CT molecular complexity index is 1220. The standard InChI is InChI=1S/C21H11F15N2O2/c22-17(23,24)8-1-7(2-9(3-8)18(25,26)27)14(39)13-15(21(34,35)36)37-38(16(13)40)12-5-10(19(28,29)30)4-11(6-12)20(31,32)33/h1-6,13-14,16,39-40H. The van der Waals surface area contributed by atoms with Gasteiger partial charge in [-0.05, 0) is 42.0 Å². The molecule has 1 aliphatic rings. The van der Waals surface area contributed by atoms with Gasteiger partial charge in [0.1, 0.15) is 0 Å². The Morgan fingerprint density at radius 1 is 0.575 bits per heavy atom. The van der Waals surface area contributed by atoms with Gasteiger partial charge in [0.05, 0.1) is 40.0 Å². The molecule has 40 heavy (non-hydrogen) atoms. The van der Waals surface area contributed by atoms with Gasteiger partial charge in [0, 0.05) is 0 Å². The lowest BCUT2D eigenvalue weighted by Gasteiger charge is -2.28. The van der Waals surface area contributed by atoms with E-state index in [9.17, 15) is 76.1 Å². The van der Waals surface area contributed by atoms with Gasteiger partial charge in [0.15, 0.2) is 11.9 Å². The van der Waals surface area contributed by atoms with Crippen molar-refractivity contribution >= 4 is 11.4 Å². The monoisotopic (exact) mass is 608 g/mol. The smallest absolute Gasteiger partial charge is 0.388 e. The van der Waals surface area contributed by atoms with Crippen LogP contribution in [0.4, 0.5) is 71.5 Å². The molecule has 0 spiro atoms. The van der Waals surface area contributed by atoms with Crippen molar-refractivity contribution < 1.29 is 76.1 Å². The van der Waals surface area contributed by atoms with Crippen molar-refractivity contribution in [2.24, 2.45) is 11.0 Å². The predicted molar refractivity (Wildman–Crippen MR) is 103 cm³/mol. The van der Waals surface area contributed by atoms with E-state index in [2.05, 4.69) is 5.10 Å². The van der Waals surface area contributed by atoms with Gasteiger partial charge in [-0.25, -0.2) is 5.01 Å². The van der Waals surface area contributed by atoms with Crippen LogP contribution in [0.25, 0.3) is 0 Å². The lowest BCUT2D eigenvalue weighted by molar-refractivity contribution is -0.144. The van der Waals surface area contributed by atoms with Gasteiger partial charge < -0.3 is 10.2 Å². The van der Waals surface area contributed by atoms with Crippen LogP contribution in [0.1, 0.15) is 33.9 Å². The number of benzene rings is 2. The molecule has 2 aromatic rings. The number of halogens is 15. The van der Waals surface area contributed by atoms with Gasteiger partial charge in [-0.2, -0.15) is 71.0 Å². The van der Waals surface area contributed by atoms with E-state index in [0.717, 1.165) is 0 Å². The number of hydrogen-bond acceptors (Lipinski definition) is 4. The van der Waals surface area contributed by atoms with Crippen molar-refractivity contribution in [3.8, 4) is 0 Å². The SMILES string of the molecule is OC(c1cc(C(F)(F)F)cc(C(F)(F)F)c1)C1C(C(F)(F)F)=NN(c2cc(C(F)(F)F)cc(C(F)(F)F)c2)C1O. The first-order valence-corrected chi connectivity index (χ1v) is 10.2. The van der Waals surface area contributed by atoms with Crippen molar-refractivity contribution in [3.05, 3.63) is 64.2 Å². The fourth-order valence-corrected chi connectivity index (χ4v) is 3.73. The molecule has 222 valence electrons. The number of aliphatic hydroxyl groups is 2. The van der Waals surface area contributed by atoms with Crippen molar-refractivity contribution in [3.63, 3.8) is 0 Å². The molecule has 0 saturated carbocycles. The van der Waals surface area contributed by atoms with Gasteiger partial charge in [-0.1, -0.05) is 0 Å². The van der Waals surface area contributed by atoms with Crippen LogP contribution in [-0.2, 0) is 24.7 Å². The van der Waals surface area contributed by atoms with Crippen LogP contribution in [-0.4, -0.2) is 28.3 Å². The maximum Gasteiger partial charge on any atom is 0.431 e. The molecule has 1 aliphatic heterocycles. The zero-order chi connectivity index (χ0) is 30.8. The van der Waals surface area contributed by atoms with E-state index in [1.54, 1.807) is 0 Å². The van der Waals surface area contributed by atoms with Crippen LogP contribution in [0.15, 0.2) is 41.5 Å². The second kappa shape index (κ2) is 9.71. The molecule has 0 fully saturated rings. The van der Waals surface area contributed by atoms with Gasteiger partial charge in [-0.15, -0.1) is 0 Å². The Kier molecular flexibility index (Phi) is 7.60. The Labute approximate surface area is 211 Å². The first-order valence-electron chi connectivity index (χ1n) is 10.2. The summed E-state index contributed by atoms with van der Waals surface area (Å²) in [7, 11) is 0. The molecule has 0 radical (unpaired) electrons. The van der Waals surface area contributed by atoms with Gasteiger partial charge in [0.25, 0.3) is 0 Å². The first kappa shape index (κ1) is 31.3. The lowest BCUT2D eigenvalue weighted by atomic mass is 9.88. The molecule has 3 atom stereocenters. The molecular formula is C21H11F15N2O2. The van der Waals surface area contributed by atoms with E-state index >= 15 is 0 Å². The largest absolute Gasteiger partial charge is 0.431 e. The molecule has 0 aromatic heterocycles. The van der Waals surface area contributed by atoms with Crippen LogP contribution < -0.4 is 5.01 Å². The first-order chi connectivity index (χ1) is 17.8. The Morgan fingerprint density at radius 3 is 1.25 bits per heavy atom. The molecule has 0 aliphatic carbocycles. The minimum atomic E-state index is -5.73. The van der Waals surface area contributed by atoms with Gasteiger partial charge in [0.2, 0.25) is 0 Å². The second-order valence-electron chi connectivity index (χ2n) is 8.32. The van der Waals surface area contributed by atoms with E-state index in [1.807, 2.05) is 0 Å². The van der Waals surface area contributed by atoms with Gasteiger partial charge in [-0.3, -0.25) is 0 Å². The van der Waals surface area contributed by atoms with E-state index < -0.39 is 105 Å². The van der Waals surface area contributed by atoms with Crippen LogP contribution >= 0.6 is 0 Å². The van der Waals surface area contributed by atoms with Crippen LogP contribution in [0.5, 0.6) is 0 Å². The quantitative estimate of drug-likeness (QED) is 0.364. The van der Waals surface area contributed by atoms with E-state index in [4.69, 9.17) is 0 Å². The molecule has 2 N–H and O–H groups in total. The summed E-state index contributed by atoms with van der Waals surface area (Å²) in [6.07, 6.45) is -33.8. The van der Waals surface area contributed by atoms with Crippen molar-refractivity contribution in [1.29, 1.82) is 0 Å². The van der Waals surface area contributed by atoms with Gasteiger partial charge >= 0.3 is 30.9 Å². The van der Waals surface area contributed by atoms with E-state index in [1.165, 1.54) is 0 Å². The molecular weight excluding hydrogens is 597 g/mol. The summed E-state index contributed by atoms with van der Waals surface area (Å²) in [5.41, 5.74) is -13.5. The number of anilines is 1. The molecule has 0 bridgehead atoms. The van der Waals surface area contributed by atoms with Crippen LogP contribution in [0, 0.1) is 5.92 Å². The second-order valence-corrected chi connectivity index (χ2v) is 8.32. The van der Waals surface area contributed by atoms with Crippen LogP contribution in [0.2, 0.25) is 0 Å². The Balaban J connectivity index is 2.20.